The maximum absolute atomic E-state index is 12.3. The summed E-state index contributed by atoms with van der Waals surface area (Å²) in [6, 6.07) is 8.79. The highest BCUT2D eigenvalue weighted by atomic mass is 16.4. The standard InChI is InChI=1S/C15H20N2O3/c1-15(14(19)20,12-7-3-2-4-8-12)17-13(18)11-6-5-9-16-10-11/h2-4,7-8,11,16H,5-6,9-10H2,1H3,(H,17,18)(H,19,20)/t11-,15?/m1/s1. The van der Waals surface area contributed by atoms with Gasteiger partial charge in [-0.05, 0) is 31.9 Å². The average Bonchev–Trinajstić information content (AvgIpc) is 2.48. The van der Waals surface area contributed by atoms with E-state index in [-0.39, 0.29) is 11.8 Å². The van der Waals surface area contributed by atoms with E-state index in [1.807, 2.05) is 6.07 Å². The number of hydrogen-bond donors (Lipinski definition) is 3. The van der Waals surface area contributed by atoms with E-state index in [0.29, 0.717) is 12.1 Å². The van der Waals surface area contributed by atoms with Crippen LogP contribution in [-0.2, 0) is 15.1 Å². The molecule has 0 radical (unpaired) electrons. The van der Waals surface area contributed by atoms with Gasteiger partial charge in [0.05, 0.1) is 5.92 Å². The van der Waals surface area contributed by atoms with Crippen molar-refractivity contribution in [1.29, 1.82) is 0 Å². The minimum absolute atomic E-state index is 0.161. The summed E-state index contributed by atoms with van der Waals surface area (Å²) in [5, 5.41) is 15.4. The minimum Gasteiger partial charge on any atom is -0.479 e. The summed E-state index contributed by atoms with van der Waals surface area (Å²) in [4.78, 5) is 23.9. The molecule has 1 aromatic carbocycles. The molecule has 0 bridgehead atoms. The topological polar surface area (TPSA) is 78.4 Å². The van der Waals surface area contributed by atoms with Crippen LogP contribution in [0.15, 0.2) is 30.3 Å². The molecule has 2 atom stereocenters. The van der Waals surface area contributed by atoms with Gasteiger partial charge in [0, 0.05) is 6.54 Å². The highest BCUT2D eigenvalue weighted by Gasteiger charge is 2.38. The fourth-order valence-corrected chi connectivity index (χ4v) is 2.44. The summed E-state index contributed by atoms with van der Waals surface area (Å²) in [6.07, 6.45) is 1.73. The van der Waals surface area contributed by atoms with Crippen LogP contribution in [0.5, 0.6) is 0 Å². The van der Waals surface area contributed by atoms with Crippen LogP contribution < -0.4 is 10.6 Å². The van der Waals surface area contributed by atoms with E-state index < -0.39 is 11.5 Å². The second-order valence-electron chi connectivity index (χ2n) is 5.33. The van der Waals surface area contributed by atoms with E-state index in [2.05, 4.69) is 10.6 Å². The molecular weight excluding hydrogens is 256 g/mol. The zero-order valence-electron chi connectivity index (χ0n) is 11.6. The predicted octanol–water partition coefficient (Wildman–Crippen LogP) is 1.10. The third-order valence-electron chi connectivity index (χ3n) is 3.82. The maximum Gasteiger partial charge on any atom is 0.333 e. The largest absolute Gasteiger partial charge is 0.479 e. The molecule has 0 saturated carbocycles. The quantitative estimate of drug-likeness (QED) is 0.769. The Kier molecular flexibility index (Phi) is 4.39. The van der Waals surface area contributed by atoms with Gasteiger partial charge in [0.1, 0.15) is 0 Å². The van der Waals surface area contributed by atoms with Gasteiger partial charge in [-0.15, -0.1) is 0 Å². The van der Waals surface area contributed by atoms with Gasteiger partial charge in [0.15, 0.2) is 5.54 Å². The van der Waals surface area contributed by atoms with Crippen LogP contribution in [0, 0.1) is 5.92 Å². The molecule has 0 aliphatic carbocycles. The van der Waals surface area contributed by atoms with Crippen LogP contribution >= 0.6 is 0 Å². The van der Waals surface area contributed by atoms with Gasteiger partial charge in [0.25, 0.3) is 0 Å². The van der Waals surface area contributed by atoms with Crippen LogP contribution in [0.25, 0.3) is 0 Å². The highest BCUT2D eigenvalue weighted by molar-refractivity contribution is 5.88. The van der Waals surface area contributed by atoms with Gasteiger partial charge < -0.3 is 15.7 Å². The molecule has 1 saturated heterocycles. The molecule has 3 N–H and O–H groups in total. The predicted molar refractivity (Wildman–Crippen MR) is 75.2 cm³/mol. The third-order valence-corrected chi connectivity index (χ3v) is 3.82. The molecule has 1 aliphatic heterocycles. The maximum atomic E-state index is 12.3. The number of carbonyl (C=O) groups excluding carboxylic acids is 1. The Bertz CT molecular complexity index is 483. The summed E-state index contributed by atoms with van der Waals surface area (Å²) in [5.74, 6) is -1.42. The van der Waals surface area contributed by atoms with Crippen molar-refractivity contribution < 1.29 is 14.7 Å². The lowest BCUT2D eigenvalue weighted by Gasteiger charge is -2.30. The van der Waals surface area contributed by atoms with Crippen molar-refractivity contribution in [3.8, 4) is 0 Å². The number of benzene rings is 1. The van der Waals surface area contributed by atoms with E-state index in [1.165, 1.54) is 6.92 Å². The van der Waals surface area contributed by atoms with Crippen molar-refractivity contribution in [1.82, 2.24) is 10.6 Å². The number of nitrogens with one attached hydrogen (secondary N) is 2. The SMILES string of the molecule is CC(NC(=O)[C@@H]1CCCNC1)(C(=O)O)c1ccccc1. The van der Waals surface area contributed by atoms with Crippen LogP contribution in [0.1, 0.15) is 25.3 Å². The number of carboxylic acids is 1. The van der Waals surface area contributed by atoms with E-state index in [9.17, 15) is 14.7 Å². The van der Waals surface area contributed by atoms with Gasteiger partial charge in [0.2, 0.25) is 5.91 Å². The Morgan fingerprint density at radius 1 is 1.35 bits per heavy atom. The minimum atomic E-state index is -1.39. The molecule has 5 heteroatoms. The molecule has 1 amide bonds. The number of amides is 1. The van der Waals surface area contributed by atoms with Crippen molar-refractivity contribution in [3.05, 3.63) is 35.9 Å². The van der Waals surface area contributed by atoms with Gasteiger partial charge in [-0.3, -0.25) is 4.79 Å². The number of carboxylic acid groups (broad SMARTS) is 1. The van der Waals surface area contributed by atoms with E-state index in [1.54, 1.807) is 24.3 Å². The van der Waals surface area contributed by atoms with Crippen molar-refractivity contribution >= 4 is 11.9 Å². The Labute approximate surface area is 118 Å². The molecule has 1 unspecified atom stereocenters. The van der Waals surface area contributed by atoms with Crippen molar-refractivity contribution in [3.63, 3.8) is 0 Å². The molecule has 0 aromatic heterocycles. The first kappa shape index (κ1) is 14.5. The first-order valence-electron chi connectivity index (χ1n) is 6.85. The average molecular weight is 276 g/mol. The second kappa shape index (κ2) is 6.05. The number of aliphatic carboxylic acids is 1. The van der Waals surface area contributed by atoms with E-state index >= 15 is 0 Å². The summed E-state index contributed by atoms with van der Waals surface area (Å²) >= 11 is 0. The monoisotopic (exact) mass is 276 g/mol. The zero-order chi connectivity index (χ0) is 14.6. The van der Waals surface area contributed by atoms with Gasteiger partial charge >= 0.3 is 5.97 Å². The number of hydrogen-bond acceptors (Lipinski definition) is 3. The van der Waals surface area contributed by atoms with Crippen molar-refractivity contribution in [2.45, 2.75) is 25.3 Å². The second-order valence-corrected chi connectivity index (χ2v) is 5.33. The normalized spacial score (nSPS) is 21.8. The smallest absolute Gasteiger partial charge is 0.333 e. The molecule has 2 rings (SSSR count). The fourth-order valence-electron chi connectivity index (χ4n) is 2.44. The van der Waals surface area contributed by atoms with Crippen LogP contribution in [0.3, 0.4) is 0 Å². The lowest BCUT2D eigenvalue weighted by atomic mass is 9.90. The lowest BCUT2D eigenvalue weighted by molar-refractivity contribution is -0.148. The van der Waals surface area contributed by atoms with E-state index in [0.717, 1.165) is 19.4 Å². The zero-order valence-corrected chi connectivity index (χ0v) is 11.6. The molecule has 1 aliphatic rings. The summed E-state index contributed by atoms with van der Waals surface area (Å²) < 4.78 is 0. The Morgan fingerprint density at radius 3 is 2.60 bits per heavy atom. The van der Waals surface area contributed by atoms with Crippen LogP contribution in [0.2, 0.25) is 0 Å². The number of piperidine rings is 1. The molecule has 20 heavy (non-hydrogen) atoms. The van der Waals surface area contributed by atoms with Gasteiger partial charge in [-0.2, -0.15) is 0 Å². The van der Waals surface area contributed by atoms with Crippen molar-refractivity contribution in [2.24, 2.45) is 5.92 Å². The Morgan fingerprint density at radius 2 is 2.05 bits per heavy atom. The van der Waals surface area contributed by atoms with E-state index in [4.69, 9.17) is 0 Å². The Balaban J connectivity index is 2.17. The molecule has 1 heterocycles. The molecule has 1 aromatic rings. The Hall–Kier alpha value is -1.88. The molecule has 108 valence electrons. The first-order chi connectivity index (χ1) is 9.54. The molecular formula is C15H20N2O3. The third kappa shape index (κ3) is 2.99. The highest BCUT2D eigenvalue weighted by Crippen LogP contribution is 2.22. The van der Waals surface area contributed by atoms with Crippen LogP contribution in [-0.4, -0.2) is 30.1 Å². The van der Waals surface area contributed by atoms with Gasteiger partial charge in [-0.1, -0.05) is 30.3 Å². The number of rotatable bonds is 4. The fraction of sp³-hybridized carbons (Fsp3) is 0.467. The van der Waals surface area contributed by atoms with Crippen LogP contribution in [0.4, 0.5) is 0 Å². The summed E-state index contributed by atoms with van der Waals surface area (Å²) in [7, 11) is 0. The molecule has 1 fully saturated rings. The van der Waals surface area contributed by atoms with Gasteiger partial charge in [-0.25, -0.2) is 4.79 Å². The summed E-state index contributed by atoms with van der Waals surface area (Å²) in [5.41, 5.74) is -0.819. The van der Waals surface area contributed by atoms with Crippen molar-refractivity contribution in [2.75, 3.05) is 13.1 Å². The first-order valence-corrected chi connectivity index (χ1v) is 6.85. The summed E-state index contributed by atoms with van der Waals surface area (Å²) in [6.45, 7) is 3.05. The molecule has 5 nitrogen and oxygen atoms in total. The number of carbonyl (C=O) groups is 2. The lowest BCUT2D eigenvalue weighted by Crippen LogP contribution is -2.53. The molecule has 0 spiro atoms.